The summed E-state index contributed by atoms with van der Waals surface area (Å²) >= 11 is 0. The largest absolute Gasteiger partial charge is 0.362 e. The highest BCUT2D eigenvalue weighted by molar-refractivity contribution is 5.86. The van der Waals surface area contributed by atoms with E-state index in [4.69, 9.17) is 5.73 Å². The summed E-state index contributed by atoms with van der Waals surface area (Å²) in [5, 5.41) is 0. The van der Waals surface area contributed by atoms with Gasteiger partial charge in [-0.1, -0.05) is 0 Å². The minimum Gasteiger partial charge on any atom is -0.315 e. The van der Waals surface area contributed by atoms with Gasteiger partial charge < -0.3 is 15.3 Å². The lowest BCUT2D eigenvalue weighted by atomic mass is 9.94. The predicted molar refractivity (Wildman–Crippen MR) is 41.4 cm³/mol. The predicted octanol–water partition coefficient (Wildman–Crippen LogP) is -1.03. The van der Waals surface area contributed by atoms with Gasteiger partial charge in [0.1, 0.15) is 18.1 Å². The van der Waals surface area contributed by atoms with Crippen LogP contribution in [0.4, 0.5) is 0 Å². The monoisotopic (exact) mass is 189 g/mol. The number of nitrogens with two attached hydrogens (primary N) is 1. The van der Waals surface area contributed by atoms with Crippen LogP contribution < -0.4 is 5.73 Å². The molecule has 0 aromatic rings. The van der Waals surface area contributed by atoms with Crippen LogP contribution in [0.1, 0.15) is 12.8 Å². The molecule has 0 unspecified atom stereocenters. The maximum absolute atomic E-state index is 11.1. The van der Waals surface area contributed by atoms with E-state index in [0.717, 1.165) is 7.11 Å². The van der Waals surface area contributed by atoms with Crippen molar-refractivity contribution in [1.29, 1.82) is 0 Å². The second kappa shape index (κ2) is 5.39. The lowest BCUT2D eigenvalue weighted by molar-refractivity contribution is -0.260. The standard InChI is InChI=1S/C7H11NO5/c1-12-13-6(11)7(8,2-4-9)3-5-10/h4-5H,2-3,8H2,1H3. The first-order valence-electron chi connectivity index (χ1n) is 3.52. The summed E-state index contributed by atoms with van der Waals surface area (Å²) < 4.78 is 0. The molecule has 13 heavy (non-hydrogen) atoms. The van der Waals surface area contributed by atoms with Crippen LogP contribution in [0.25, 0.3) is 0 Å². The van der Waals surface area contributed by atoms with Gasteiger partial charge in [-0.3, -0.25) is 4.89 Å². The molecule has 0 heterocycles. The quantitative estimate of drug-likeness (QED) is 0.326. The minimum absolute atomic E-state index is 0.284. The minimum atomic E-state index is -1.61. The molecule has 2 N–H and O–H groups in total. The van der Waals surface area contributed by atoms with E-state index in [1.807, 2.05) is 0 Å². The maximum Gasteiger partial charge on any atom is 0.362 e. The lowest BCUT2D eigenvalue weighted by Gasteiger charge is -2.20. The third kappa shape index (κ3) is 3.30. The van der Waals surface area contributed by atoms with Crippen LogP contribution in [-0.2, 0) is 24.2 Å². The van der Waals surface area contributed by atoms with E-state index in [1.54, 1.807) is 0 Å². The Labute approximate surface area is 74.9 Å². The molecule has 6 nitrogen and oxygen atoms in total. The molecule has 0 atom stereocenters. The number of carbonyl (C=O) groups is 3. The van der Waals surface area contributed by atoms with Crippen molar-refractivity contribution in [3.05, 3.63) is 0 Å². The van der Waals surface area contributed by atoms with Gasteiger partial charge in [0.05, 0.1) is 7.11 Å². The topological polar surface area (TPSA) is 95.7 Å². The molecule has 0 spiro atoms. The Kier molecular flexibility index (Phi) is 4.86. The van der Waals surface area contributed by atoms with Gasteiger partial charge in [0.15, 0.2) is 0 Å². The molecular weight excluding hydrogens is 178 g/mol. The van der Waals surface area contributed by atoms with E-state index >= 15 is 0 Å². The summed E-state index contributed by atoms with van der Waals surface area (Å²) in [6, 6.07) is 0. The molecule has 0 amide bonds. The van der Waals surface area contributed by atoms with Gasteiger partial charge in [0.25, 0.3) is 0 Å². The fourth-order valence-corrected chi connectivity index (χ4v) is 0.706. The third-order valence-electron chi connectivity index (χ3n) is 1.46. The Morgan fingerprint density at radius 1 is 1.38 bits per heavy atom. The van der Waals surface area contributed by atoms with E-state index in [2.05, 4.69) is 9.78 Å². The zero-order chi connectivity index (χ0) is 10.3. The molecule has 74 valence electrons. The van der Waals surface area contributed by atoms with E-state index in [1.165, 1.54) is 0 Å². The fourth-order valence-electron chi connectivity index (χ4n) is 0.706. The Bertz CT molecular complexity index is 193. The van der Waals surface area contributed by atoms with Gasteiger partial charge in [-0.25, -0.2) is 4.79 Å². The second-order valence-electron chi connectivity index (χ2n) is 2.44. The van der Waals surface area contributed by atoms with E-state index in [0.29, 0.717) is 12.6 Å². The smallest absolute Gasteiger partial charge is 0.315 e. The van der Waals surface area contributed by atoms with Gasteiger partial charge in [-0.15, -0.1) is 0 Å². The van der Waals surface area contributed by atoms with Crippen LogP contribution >= 0.6 is 0 Å². The van der Waals surface area contributed by atoms with E-state index < -0.39 is 11.5 Å². The molecule has 0 radical (unpaired) electrons. The molecule has 0 saturated carbocycles. The van der Waals surface area contributed by atoms with Crippen molar-refractivity contribution in [3.8, 4) is 0 Å². The van der Waals surface area contributed by atoms with Crippen LogP contribution in [0.2, 0.25) is 0 Å². The van der Waals surface area contributed by atoms with Crippen molar-refractivity contribution in [2.24, 2.45) is 5.73 Å². The van der Waals surface area contributed by atoms with Crippen LogP contribution in [-0.4, -0.2) is 31.2 Å². The highest BCUT2D eigenvalue weighted by Gasteiger charge is 2.36. The highest BCUT2D eigenvalue weighted by atomic mass is 17.2. The lowest BCUT2D eigenvalue weighted by Crippen LogP contribution is -2.49. The van der Waals surface area contributed by atoms with Crippen molar-refractivity contribution >= 4 is 18.5 Å². The first-order valence-corrected chi connectivity index (χ1v) is 3.52. The molecule has 0 fully saturated rings. The fraction of sp³-hybridized carbons (Fsp3) is 0.571. The van der Waals surface area contributed by atoms with Gasteiger partial charge >= 0.3 is 5.97 Å². The van der Waals surface area contributed by atoms with E-state index in [-0.39, 0.29) is 12.8 Å². The molecule has 0 saturated heterocycles. The average Bonchev–Trinajstić information content (AvgIpc) is 2.05. The number of hydrogen-bond donors (Lipinski definition) is 1. The molecule has 0 aromatic heterocycles. The molecule has 0 aliphatic heterocycles. The van der Waals surface area contributed by atoms with Crippen LogP contribution in [0.15, 0.2) is 0 Å². The molecule has 0 rings (SSSR count). The first-order chi connectivity index (χ1) is 6.10. The summed E-state index contributed by atoms with van der Waals surface area (Å²) in [5.41, 5.74) is 3.82. The first kappa shape index (κ1) is 11.7. The third-order valence-corrected chi connectivity index (χ3v) is 1.46. The Morgan fingerprint density at radius 2 is 1.85 bits per heavy atom. The molecule has 0 aromatic carbocycles. The van der Waals surface area contributed by atoms with Crippen LogP contribution in [0.5, 0.6) is 0 Å². The van der Waals surface area contributed by atoms with Crippen LogP contribution in [0.3, 0.4) is 0 Å². The SMILES string of the molecule is COOC(=O)C(N)(CC=O)CC=O. The molecule has 0 aliphatic rings. The van der Waals surface area contributed by atoms with Crippen LogP contribution in [0, 0.1) is 0 Å². The highest BCUT2D eigenvalue weighted by Crippen LogP contribution is 2.11. The maximum atomic E-state index is 11.1. The zero-order valence-electron chi connectivity index (χ0n) is 7.19. The molecular formula is C7H11NO5. The number of rotatable bonds is 6. The number of carbonyl (C=O) groups excluding carboxylic acids is 3. The summed E-state index contributed by atoms with van der Waals surface area (Å²) in [7, 11) is 1.13. The number of aldehydes is 2. The Hall–Kier alpha value is -1.27. The Morgan fingerprint density at radius 3 is 2.15 bits per heavy atom. The summed E-state index contributed by atoms with van der Waals surface area (Å²) in [4.78, 5) is 39.6. The van der Waals surface area contributed by atoms with Crippen molar-refractivity contribution in [2.45, 2.75) is 18.4 Å². The van der Waals surface area contributed by atoms with Crippen molar-refractivity contribution in [3.63, 3.8) is 0 Å². The molecule has 6 heteroatoms. The van der Waals surface area contributed by atoms with Gasteiger partial charge in [-0.05, 0) is 0 Å². The van der Waals surface area contributed by atoms with Gasteiger partial charge in [0, 0.05) is 12.8 Å². The van der Waals surface area contributed by atoms with E-state index in [9.17, 15) is 14.4 Å². The van der Waals surface area contributed by atoms with Gasteiger partial charge in [0.2, 0.25) is 0 Å². The average molecular weight is 189 g/mol. The van der Waals surface area contributed by atoms with Crippen molar-refractivity contribution < 1.29 is 24.2 Å². The van der Waals surface area contributed by atoms with Crippen molar-refractivity contribution in [1.82, 2.24) is 0 Å². The molecule has 0 bridgehead atoms. The zero-order valence-corrected chi connectivity index (χ0v) is 7.19. The van der Waals surface area contributed by atoms with Gasteiger partial charge in [-0.2, -0.15) is 4.89 Å². The molecule has 0 aliphatic carbocycles. The summed E-state index contributed by atoms with van der Waals surface area (Å²) in [5.74, 6) is -0.936. The second-order valence-corrected chi connectivity index (χ2v) is 2.44. The number of hydrogen-bond acceptors (Lipinski definition) is 6. The Balaban J connectivity index is 4.44. The summed E-state index contributed by atoms with van der Waals surface area (Å²) in [6.07, 6.45) is 0.322. The normalized spacial score (nSPS) is 10.6. The van der Waals surface area contributed by atoms with Crippen molar-refractivity contribution in [2.75, 3.05) is 7.11 Å². The summed E-state index contributed by atoms with van der Waals surface area (Å²) in [6.45, 7) is 0.